The summed E-state index contributed by atoms with van der Waals surface area (Å²) in [5, 5.41) is 3.48. The first-order valence-corrected chi connectivity index (χ1v) is 5.44. The highest BCUT2D eigenvalue weighted by Crippen LogP contribution is 2.13. The molecule has 0 unspecified atom stereocenters. The first kappa shape index (κ1) is 12.8. The van der Waals surface area contributed by atoms with E-state index in [1.54, 1.807) is 6.07 Å². The summed E-state index contributed by atoms with van der Waals surface area (Å²) in [6, 6.07) is 1.79. The number of hydrogen-bond acceptors (Lipinski definition) is 4. The number of aromatic nitrogens is 2. The van der Waals surface area contributed by atoms with Gasteiger partial charge in [-0.3, -0.25) is 0 Å². The summed E-state index contributed by atoms with van der Waals surface area (Å²) in [6.07, 6.45) is 0.0881. The summed E-state index contributed by atoms with van der Waals surface area (Å²) in [5.41, 5.74) is 0.841. The van der Waals surface area contributed by atoms with Gasteiger partial charge in [0.1, 0.15) is 0 Å². The number of aryl methyl sites for hydroxylation is 1. The van der Waals surface area contributed by atoms with Crippen molar-refractivity contribution >= 4 is 17.5 Å². The van der Waals surface area contributed by atoms with Crippen LogP contribution in [0.15, 0.2) is 17.7 Å². The predicted octanol–water partition coefficient (Wildman–Crippen LogP) is 2.74. The third kappa shape index (κ3) is 4.49. The summed E-state index contributed by atoms with van der Waals surface area (Å²) in [4.78, 5) is 8.41. The molecule has 88 valence electrons. The highest BCUT2D eigenvalue weighted by molar-refractivity contribution is 6.29. The Balaban J connectivity index is 2.77. The molecule has 0 atom stereocenters. The Bertz CT molecular complexity index is 379. The van der Waals surface area contributed by atoms with Crippen molar-refractivity contribution in [2.45, 2.75) is 26.9 Å². The summed E-state index contributed by atoms with van der Waals surface area (Å²) in [5.74, 6) is 1.06. The van der Waals surface area contributed by atoms with E-state index in [9.17, 15) is 0 Å². The van der Waals surface area contributed by atoms with E-state index in [1.807, 2.05) is 20.8 Å². The Hall–Kier alpha value is -1.29. The lowest BCUT2D eigenvalue weighted by Gasteiger charge is -2.11. The molecule has 1 aromatic rings. The second-order valence-corrected chi connectivity index (χ2v) is 4.24. The van der Waals surface area contributed by atoms with E-state index in [0.29, 0.717) is 23.4 Å². The molecule has 0 bridgehead atoms. The van der Waals surface area contributed by atoms with Crippen LogP contribution in [0.5, 0.6) is 5.88 Å². The topological polar surface area (TPSA) is 47.0 Å². The number of rotatable bonds is 5. The van der Waals surface area contributed by atoms with E-state index in [0.717, 1.165) is 5.69 Å². The van der Waals surface area contributed by atoms with Gasteiger partial charge in [-0.15, -0.1) is 0 Å². The van der Waals surface area contributed by atoms with Crippen molar-refractivity contribution in [3.05, 3.63) is 23.4 Å². The quantitative estimate of drug-likeness (QED) is 0.861. The van der Waals surface area contributed by atoms with Gasteiger partial charge in [0.25, 0.3) is 0 Å². The van der Waals surface area contributed by atoms with Crippen LogP contribution >= 0.6 is 11.6 Å². The number of hydrogen-bond donors (Lipinski definition) is 1. The van der Waals surface area contributed by atoms with Crippen LogP contribution in [0.2, 0.25) is 0 Å². The zero-order chi connectivity index (χ0) is 12.1. The molecule has 0 saturated carbocycles. The molecule has 0 spiro atoms. The zero-order valence-corrected chi connectivity index (χ0v) is 10.5. The molecule has 0 saturated heterocycles. The molecule has 0 aliphatic carbocycles. The van der Waals surface area contributed by atoms with Gasteiger partial charge in [-0.05, 0) is 20.8 Å². The molecule has 0 fully saturated rings. The van der Waals surface area contributed by atoms with Crippen LogP contribution < -0.4 is 10.1 Å². The first-order valence-electron chi connectivity index (χ1n) is 5.07. The predicted molar refractivity (Wildman–Crippen MR) is 66.0 cm³/mol. The van der Waals surface area contributed by atoms with Crippen molar-refractivity contribution in [1.82, 2.24) is 9.97 Å². The number of nitrogens with one attached hydrogen (secondary N) is 1. The molecule has 0 aliphatic rings. The van der Waals surface area contributed by atoms with Crippen molar-refractivity contribution in [2.24, 2.45) is 0 Å². The van der Waals surface area contributed by atoms with E-state index in [4.69, 9.17) is 16.3 Å². The van der Waals surface area contributed by atoms with Gasteiger partial charge >= 0.3 is 0 Å². The van der Waals surface area contributed by atoms with Crippen molar-refractivity contribution in [2.75, 3.05) is 11.9 Å². The van der Waals surface area contributed by atoms with Crippen LogP contribution in [0.4, 0.5) is 5.95 Å². The minimum atomic E-state index is 0.0881. The fraction of sp³-hybridized carbons (Fsp3) is 0.455. The lowest BCUT2D eigenvalue weighted by molar-refractivity contribution is 0.232. The number of anilines is 1. The smallest absolute Gasteiger partial charge is 0.226 e. The van der Waals surface area contributed by atoms with E-state index in [1.165, 1.54) is 0 Å². The highest BCUT2D eigenvalue weighted by Gasteiger charge is 2.04. The summed E-state index contributed by atoms with van der Waals surface area (Å²) >= 11 is 5.65. The van der Waals surface area contributed by atoms with Gasteiger partial charge < -0.3 is 10.1 Å². The van der Waals surface area contributed by atoms with Crippen LogP contribution in [0.1, 0.15) is 19.5 Å². The second kappa shape index (κ2) is 5.70. The monoisotopic (exact) mass is 241 g/mol. The Morgan fingerprint density at radius 3 is 2.81 bits per heavy atom. The molecule has 16 heavy (non-hydrogen) atoms. The summed E-state index contributed by atoms with van der Waals surface area (Å²) < 4.78 is 5.50. The maximum absolute atomic E-state index is 5.65. The average molecular weight is 242 g/mol. The second-order valence-electron chi connectivity index (χ2n) is 3.71. The summed E-state index contributed by atoms with van der Waals surface area (Å²) in [6.45, 7) is 9.80. The number of ether oxygens (including phenoxy) is 1. The number of halogens is 1. The van der Waals surface area contributed by atoms with E-state index >= 15 is 0 Å². The molecule has 1 aromatic heterocycles. The lowest BCUT2D eigenvalue weighted by Crippen LogP contribution is -2.10. The Labute approximate surface area is 101 Å². The minimum Gasteiger partial charge on any atom is -0.475 e. The summed E-state index contributed by atoms with van der Waals surface area (Å²) in [7, 11) is 0. The molecule has 4 nitrogen and oxygen atoms in total. The molecule has 1 N–H and O–H groups in total. The van der Waals surface area contributed by atoms with Crippen LogP contribution in [0.25, 0.3) is 0 Å². The maximum atomic E-state index is 5.65. The SMILES string of the molecule is C=C(Cl)CNc1nc(C)cc(OC(C)C)n1. The third-order valence-electron chi connectivity index (χ3n) is 1.63. The molecular formula is C11H16ClN3O. The number of nitrogens with zero attached hydrogens (tertiary/aromatic N) is 2. The average Bonchev–Trinajstić information content (AvgIpc) is 2.12. The minimum absolute atomic E-state index is 0.0881. The molecule has 1 rings (SSSR count). The molecule has 0 aliphatic heterocycles. The lowest BCUT2D eigenvalue weighted by atomic mass is 10.4. The van der Waals surface area contributed by atoms with E-state index in [-0.39, 0.29) is 6.10 Å². The Morgan fingerprint density at radius 1 is 1.56 bits per heavy atom. The van der Waals surface area contributed by atoms with Crippen LogP contribution in [0.3, 0.4) is 0 Å². The van der Waals surface area contributed by atoms with Crippen LogP contribution in [-0.2, 0) is 0 Å². The van der Waals surface area contributed by atoms with Gasteiger partial charge in [0.15, 0.2) is 0 Å². The molecule has 0 aromatic carbocycles. The van der Waals surface area contributed by atoms with Gasteiger partial charge in [-0.2, -0.15) is 4.98 Å². The van der Waals surface area contributed by atoms with Gasteiger partial charge in [-0.25, -0.2) is 4.98 Å². The van der Waals surface area contributed by atoms with E-state index in [2.05, 4.69) is 21.9 Å². The molecule has 0 amide bonds. The normalized spacial score (nSPS) is 10.3. The Kier molecular flexibility index (Phi) is 4.55. The zero-order valence-electron chi connectivity index (χ0n) is 9.75. The Morgan fingerprint density at radius 2 is 2.25 bits per heavy atom. The van der Waals surface area contributed by atoms with Crippen LogP contribution in [0, 0.1) is 6.92 Å². The van der Waals surface area contributed by atoms with Gasteiger partial charge in [0, 0.05) is 16.8 Å². The van der Waals surface area contributed by atoms with Gasteiger partial charge in [0.05, 0.1) is 12.6 Å². The highest BCUT2D eigenvalue weighted by atomic mass is 35.5. The molecule has 5 heteroatoms. The fourth-order valence-corrected chi connectivity index (χ4v) is 1.16. The largest absolute Gasteiger partial charge is 0.475 e. The standard InChI is InChI=1S/C11H16ClN3O/c1-7(2)16-10-5-9(4)14-11(15-10)13-6-8(3)12/h5,7H,3,6H2,1-2,4H3,(H,13,14,15). The van der Waals surface area contributed by atoms with Gasteiger partial charge in [-0.1, -0.05) is 18.2 Å². The van der Waals surface area contributed by atoms with Crippen molar-refractivity contribution in [1.29, 1.82) is 0 Å². The van der Waals surface area contributed by atoms with E-state index < -0.39 is 0 Å². The van der Waals surface area contributed by atoms with Gasteiger partial charge in [0.2, 0.25) is 11.8 Å². The molecule has 1 heterocycles. The molecular weight excluding hydrogens is 226 g/mol. The first-order chi connectivity index (χ1) is 7.47. The maximum Gasteiger partial charge on any atom is 0.226 e. The fourth-order valence-electron chi connectivity index (χ4n) is 1.10. The van der Waals surface area contributed by atoms with Crippen molar-refractivity contribution in [3.8, 4) is 5.88 Å². The van der Waals surface area contributed by atoms with Crippen molar-refractivity contribution in [3.63, 3.8) is 0 Å². The third-order valence-corrected chi connectivity index (χ3v) is 1.76. The van der Waals surface area contributed by atoms with Crippen molar-refractivity contribution < 1.29 is 4.74 Å². The van der Waals surface area contributed by atoms with Crippen LogP contribution in [-0.4, -0.2) is 22.6 Å². The molecule has 0 radical (unpaired) electrons.